The van der Waals surface area contributed by atoms with Crippen molar-refractivity contribution in [3.63, 3.8) is 0 Å². The van der Waals surface area contributed by atoms with Crippen LogP contribution in [0.3, 0.4) is 0 Å². The minimum absolute atomic E-state index is 0.590. The summed E-state index contributed by atoms with van der Waals surface area (Å²) in [6, 6.07) is 7.35. The van der Waals surface area contributed by atoms with Crippen LogP contribution in [0.15, 0.2) is 24.4 Å². The molecule has 0 aromatic carbocycles. The molecule has 3 heteroatoms. The Morgan fingerprint density at radius 2 is 2.11 bits per heavy atom. The number of nitrogens with one attached hydrogen (secondary N) is 1. The Kier molecular flexibility index (Phi) is 4.94. The van der Waals surface area contributed by atoms with Crippen molar-refractivity contribution in [1.29, 1.82) is 0 Å². The van der Waals surface area contributed by atoms with Gasteiger partial charge in [-0.1, -0.05) is 19.9 Å². The molecule has 106 valence electrons. The van der Waals surface area contributed by atoms with E-state index in [1.807, 2.05) is 12.3 Å². The minimum atomic E-state index is 0.590. The Morgan fingerprint density at radius 3 is 2.74 bits per heavy atom. The summed E-state index contributed by atoms with van der Waals surface area (Å²) in [7, 11) is 4.33. The van der Waals surface area contributed by atoms with E-state index in [4.69, 9.17) is 0 Å². The second-order valence-corrected chi connectivity index (χ2v) is 6.18. The zero-order valence-corrected chi connectivity index (χ0v) is 12.6. The third-order valence-electron chi connectivity index (χ3n) is 4.44. The van der Waals surface area contributed by atoms with Gasteiger partial charge in [-0.2, -0.15) is 0 Å². The molecular formula is C16H27N3. The standard InChI is InChI=1S/C16H27N3/c1-12-9-13(2)16(15(10-12)17-3)19(4)11-14-7-5-6-8-18-14/h5-8,12-13,15-17H,9-11H2,1-4H3. The monoisotopic (exact) mass is 261 g/mol. The summed E-state index contributed by atoms with van der Waals surface area (Å²) in [5.74, 6) is 1.56. The minimum Gasteiger partial charge on any atom is -0.315 e. The average molecular weight is 261 g/mol. The van der Waals surface area contributed by atoms with Gasteiger partial charge in [0.15, 0.2) is 0 Å². The van der Waals surface area contributed by atoms with Crippen molar-refractivity contribution in [2.45, 2.75) is 45.3 Å². The first-order chi connectivity index (χ1) is 9.11. The fraction of sp³-hybridized carbons (Fsp3) is 0.688. The molecule has 0 radical (unpaired) electrons. The van der Waals surface area contributed by atoms with Gasteiger partial charge in [0.25, 0.3) is 0 Å². The number of pyridine rings is 1. The number of aromatic nitrogens is 1. The maximum Gasteiger partial charge on any atom is 0.0543 e. The molecule has 1 aromatic heterocycles. The molecule has 4 unspecified atom stereocenters. The number of hydrogen-bond acceptors (Lipinski definition) is 3. The largest absolute Gasteiger partial charge is 0.315 e. The van der Waals surface area contributed by atoms with Crippen molar-refractivity contribution in [3.8, 4) is 0 Å². The molecule has 4 atom stereocenters. The van der Waals surface area contributed by atoms with Gasteiger partial charge in [-0.15, -0.1) is 0 Å². The van der Waals surface area contributed by atoms with Crippen LogP contribution in [0.25, 0.3) is 0 Å². The van der Waals surface area contributed by atoms with E-state index in [0.29, 0.717) is 12.1 Å². The molecule has 19 heavy (non-hydrogen) atoms. The molecule has 3 nitrogen and oxygen atoms in total. The highest BCUT2D eigenvalue weighted by Gasteiger charge is 2.35. The van der Waals surface area contributed by atoms with Crippen molar-refractivity contribution in [3.05, 3.63) is 30.1 Å². The van der Waals surface area contributed by atoms with Crippen LogP contribution in [0.5, 0.6) is 0 Å². The van der Waals surface area contributed by atoms with Crippen molar-refractivity contribution < 1.29 is 0 Å². The molecule has 0 amide bonds. The second kappa shape index (κ2) is 6.49. The quantitative estimate of drug-likeness (QED) is 0.903. The van der Waals surface area contributed by atoms with Crippen LogP contribution in [-0.2, 0) is 6.54 Å². The van der Waals surface area contributed by atoms with Crippen LogP contribution < -0.4 is 5.32 Å². The number of hydrogen-bond donors (Lipinski definition) is 1. The molecule has 1 aromatic rings. The van der Waals surface area contributed by atoms with E-state index >= 15 is 0 Å². The Bertz CT molecular complexity index is 379. The first-order valence-electron chi connectivity index (χ1n) is 7.39. The fourth-order valence-electron chi connectivity index (χ4n) is 3.72. The summed E-state index contributed by atoms with van der Waals surface area (Å²) >= 11 is 0. The lowest BCUT2D eigenvalue weighted by molar-refractivity contribution is 0.0778. The molecule has 0 saturated heterocycles. The lowest BCUT2D eigenvalue weighted by Gasteiger charge is -2.44. The van der Waals surface area contributed by atoms with Crippen molar-refractivity contribution >= 4 is 0 Å². The number of likely N-dealkylation sites (N-methyl/N-ethyl adjacent to an activating group) is 2. The van der Waals surface area contributed by atoms with E-state index in [1.165, 1.54) is 12.8 Å². The van der Waals surface area contributed by atoms with E-state index in [-0.39, 0.29) is 0 Å². The summed E-state index contributed by atoms with van der Waals surface area (Å²) < 4.78 is 0. The van der Waals surface area contributed by atoms with Gasteiger partial charge in [-0.25, -0.2) is 0 Å². The van der Waals surface area contributed by atoms with Crippen LogP contribution >= 0.6 is 0 Å². The van der Waals surface area contributed by atoms with Gasteiger partial charge >= 0.3 is 0 Å². The molecule has 1 heterocycles. The highest BCUT2D eigenvalue weighted by Crippen LogP contribution is 2.32. The maximum atomic E-state index is 4.44. The molecule has 1 fully saturated rings. The molecule has 1 aliphatic rings. The van der Waals surface area contributed by atoms with Gasteiger partial charge in [0.05, 0.1) is 5.69 Å². The van der Waals surface area contributed by atoms with Gasteiger partial charge in [0.2, 0.25) is 0 Å². The molecule has 1 aliphatic carbocycles. The summed E-state index contributed by atoms with van der Waals surface area (Å²) in [6.45, 7) is 5.69. The van der Waals surface area contributed by atoms with Gasteiger partial charge in [-0.3, -0.25) is 9.88 Å². The van der Waals surface area contributed by atoms with Gasteiger partial charge in [0, 0.05) is 24.8 Å². The smallest absolute Gasteiger partial charge is 0.0543 e. The fourth-order valence-corrected chi connectivity index (χ4v) is 3.72. The summed E-state index contributed by atoms with van der Waals surface area (Å²) in [6.07, 6.45) is 4.48. The van der Waals surface area contributed by atoms with Crippen LogP contribution in [0.1, 0.15) is 32.4 Å². The zero-order valence-electron chi connectivity index (χ0n) is 12.6. The lowest BCUT2D eigenvalue weighted by atomic mass is 9.76. The van der Waals surface area contributed by atoms with Gasteiger partial charge in [-0.05, 0) is 50.9 Å². The Labute approximate surface area is 117 Å². The van der Waals surface area contributed by atoms with Crippen LogP contribution in [0.2, 0.25) is 0 Å². The van der Waals surface area contributed by atoms with Crippen LogP contribution in [0.4, 0.5) is 0 Å². The molecule has 0 aliphatic heterocycles. The SMILES string of the molecule is CNC1CC(C)CC(C)C1N(C)Cc1ccccn1. The molecular weight excluding hydrogens is 234 g/mol. The van der Waals surface area contributed by atoms with E-state index in [0.717, 1.165) is 24.1 Å². The van der Waals surface area contributed by atoms with E-state index in [2.05, 4.69) is 55.3 Å². The first-order valence-corrected chi connectivity index (χ1v) is 7.39. The number of rotatable bonds is 4. The number of nitrogens with zero attached hydrogens (tertiary/aromatic N) is 2. The van der Waals surface area contributed by atoms with E-state index < -0.39 is 0 Å². The maximum absolute atomic E-state index is 4.44. The Hall–Kier alpha value is -0.930. The predicted octanol–water partition coefficient (Wildman–Crippen LogP) is 2.54. The lowest BCUT2D eigenvalue weighted by Crippen LogP contribution is -2.54. The molecule has 2 rings (SSSR count). The highest BCUT2D eigenvalue weighted by molar-refractivity contribution is 5.04. The third-order valence-corrected chi connectivity index (χ3v) is 4.44. The second-order valence-electron chi connectivity index (χ2n) is 6.18. The van der Waals surface area contributed by atoms with Crippen molar-refractivity contribution in [2.24, 2.45) is 11.8 Å². The first kappa shape index (κ1) is 14.5. The summed E-state index contributed by atoms with van der Waals surface area (Å²) in [4.78, 5) is 6.91. The summed E-state index contributed by atoms with van der Waals surface area (Å²) in [5, 5.41) is 3.52. The van der Waals surface area contributed by atoms with Gasteiger partial charge < -0.3 is 5.32 Å². The van der Waals surface area contributed by atoms with Crippen molar-refractivity contribution in [2.75, 3.05) is 14.1 Å². The molecule has 0 bridgehead atoms. The van der Waals surface area contributed by atoms with Gasteiger partial charge in [0.1, 0.15) is 0 Å². The molecule has 1 saturated carbocycles. The normalized spacial score (nSPS) is 31.6. The van der Waals surface area contributed by atoms with Crippen LogP contribution in [-0.4, -0.2) is 36.1 Å². The highest BCUT2D eigenvalue weighted by atomic mass is 15.2. The van der Waals surface area contributed by atoms with E-state index in [1.54, 1.807) is 0 Å². The van der Waals surface area contributed by atoms with Crippen molar-refractivity contribution in [1.82, 2.24) is 15.2 Å². The molecule has 0 spiro atoms. The van der Waals surface area contributed by atoms with Crippen LogP contribution in [0, 0.1) is 11.8 Å². The Morgan fingerprint density at radius 1 is 1.32 bits per heavy atom. The average Bonchev–Trinajstić information content (AvgIpc) is 2.38. The zero-order chi connectivity index (χ0) is 13.8. The van der Waals surface area contributed by atoms with E-state index in [9.17, 15) is 0 Å². The Balaban J connectivity index is 2.05. The topological polar surface area (TPSA) is 28.2 Å². The predicted molar refractivity (Wildman–Crippen MR) is 79.9 cm³/mol. The molecule has 1 N–H and O–H groups in total. The third kappa shape index (κ3) is 3.54. The summed E-state index contributed by atoms with van der Waals surface area (Å²) in [5.41, 5.74) is 1.16.